The number of halogens is 3. The van der Waals surface area contributed by atoms with Crippen LogP contribution in [0.4, 0.5) is 18.9 Å². The fourth-order valence-electron chi connectivity index (χ4n) is 5.07. The average Bonchev–Trinajstić information content (AvgIpc) is 3.42. The molecule has 10 heteroatoms. The van der Waals surface area contributed by atoms with E-state index < -0.39 is 65.8 Å². The lowest BCUT2D eigenvalue weighted by molar-refractivity contribution is -0.162. The van der Waals surface area contributed by atoms with Crippen LogP contribution in [0.3, 0.4) is 0 Å². The summed E-state index contributed by atoms with van der Waals surface area (Å²) in [5, 5.41) is 2.25. The van der Waals surface area contributed by atoms with E-state index in [0.29, 0.717) is 0 Å². The van der Waals surface area contributed by atoms with Gasteiger partial charge in [0.2, 0.25) is 11.8 Å². The predicted octanol–water partition coefficient (Wildman–Crippen LogP) is 3.02. The van der Waals surface area contributed by atoms with Crippen LogP contribution in [0.1, 0.15) is 25.8 Å². The standard InChI is InChI=1S/C23H23F3N2O5/c1-11(2)19(28-20(30)17-12-6-7-13(8-12)18(17)21(28)31)22(32)33-10-16(29)27-15-5-3-4-14(9-15)23(24,25)26/h3-7,9,11-13,17-19H,8,10H2,1-2H3,(H,27,29)/t12-,13-,17-,18+,19+/m0/s1. The van der Waals surface area contributed by atoms with E-state index >= 15 is 0 Å². The van der Waals surface area contributed by atoms with Gasteiger partial charge in [0.15, 0.2) is 6.61 Å². The largest absolute Gasteiger partial charge is 0.454 e. The van der Waals surface area contributed by atoms with Gasteiger partial charge >= 0.3 is 12.1 Å². The summed E-state index contributed by atoms with van der Waals surface area (Å²) < 4.78 is 43.5. The fraction of sp³-hybridized carbons (Fsp3) is 0.478. The van der Waals surface area contributed by atoms with Crippen LogP contribution in [0.15, 0.2) is 36.4 Å². The zero-order valence-corrected chi connectivity index (χ0v) is 18.0. The molecule has 0 radical (unpaired) electrons. The van der Waals surface area contributed by atoms with E-state index in [4.69, 9.17) is 4.74 Å². The van der Waals surface area contributed by atoms with Crippen LogP contribution in [0, 0.1) is 29.6 Å². The molecule has 7 nitrogen and oxygen atoms in total. The van der Waals surface area contributed by atoms with Crippen molar-refractivity contribution in [2.45, 2.75) is 32.5 Å². The highest BCUT2D eigenvalue weighted by molar-refractivity contribution is 6.09. The van der Waals surface area contributed by atoms with Gasteiger partial charge in [-0.25, -0.2) is 4.79 Å². The number of allylic oxidation sites excluding steroid dienone is 2. The van der Waals surface area contributed by atoms with Crippen LogP contribution in [0.5, 0.6) is 0 Å². The maximum Gasteiger partial charge on any atom is 0.416 e. The molecule has 2 aliphatic carbocycles. The van der Waals surface area contributed by atoms with Crippen LogP contribution < -0.4 is 5.32 Å². The second kappa shape index (κ2) is 8.31. The second-order valence-corrected chi connectivity index (χ2v) is 8.97. The first-order valence-electron chi connectivity index (χ1n) is 10.7. The van der Waals surface area contributed by atoms with E-state index in [-0.39, 0.29) is 17.5 Å². The number of fused-ring (bicyclic) bond motifs is 5. The Balaban J connectivity index is 1.40. The Morgan fingerprint density at radius 2 is 1.73 bits per heavy atom. The molecule has 1 heterocycles. The lowest BCUT2D eigenvalue weighted by Crippen LogP contribution is -2.50. The Labute approximate surface area is 187 Å². The Morgan fingerprint density at radius 1 is 1.12 bits per heavy atom. The van der Waals surface area contributed by atoms with E-state index in [9.17, 15) is 32.3 Å². The van der Waals surface area contributed by atoms with Gasteiger partial charge < -0.3 is 10.1 Å². The molecule has 3 amide bonds. The molecule has 2 bridgehead atoms. The minimum Gasteiger partial charge on any atom is -0.454 e. The van der Waals surface area contributed by atoms with Gasteiger partial charge in [0, 0.05) is 5.69 Å². The third-order valence-electron chi connectivity index (χ3n) is 6.47. The summed E-state index contributed by atoms with van der Waals surface area (Å²) >= 11 is 0. The van der Waals surface area contributed by atoms with E-state index in [1.165, 1.54) is 6.07 Å². The van der Waals surface area contributed by atoms with Gasteiger partial charge in [-0.2, -0.15) is 13.2 Å². The average molecular weight is 464 g/mol. The van der Waals surface area contributed by atoms with Gasteiger partial charge in [-0.05, 0) is 42.4 Å². The van der Waals surface area contributed by atoms with Gasteiger partial charge in [-0.1, -0.05) is 32.1 Å². The van der Waals surface area contributed by atoms with Crippen LogP contribution in [0.2, 0.25) is 0 Å². The number of carbonyl (C=O) groups is 4. The molecule has 1 saturated heterocycles. The number of hydrogen-bond donors (Lipinski definition) is 1. The van der Waals surface area contributed by atoms with Crippen molar-refractivity contribution >= 4 is 29.4 Å². The Bertz CT molecular complexity index is 1010. The Morgan fingerprint density at radius 3 is 2.27 bits per heavy atom. The summed E-state index contributed by atoms with van der Waals surface area (Å²) in [5.41, 5.74) is -1.04. The third kappa shape index (κ3) is 4.14. The molecule has 1 N–H and O–H groups in total. The first-order chi connectivity index (χ1) is 15.5. The second-order valence-electron chi connectivity index (χ2n) is 8.97. The van der Waals surface area contributed by atoms with Crippen molar-refractivity contribution in [3.8, 4) is 0 Å². The molecule has 1 aromatic rings. The molecule has 176 valence electrons. The number of benzene rings is 1. The van der Waals surface area contributed by atoms with Crippen LogP contribution in [0.25, 0.3) is 0 Å². The highest BCUT2D eigenvalue weighted by Gasteiger charge is 2.61. The summed E-state index contributed by atoms with van der Waals surface area (Å²) in [5.74, 6) is -3.96. The Kier molecular flexibility index (Phi) is 5.79. The van der Waals surface area contributed by atoms with Gasteiger partial charge in [0.1, 0.15) is 6.04 Å². The van der Waals surface area contributed by atoms with Crippen molar-refractivity contribution in [2.24, 2.45) is 29.6 Å². The molecule has 2 fully saturated rings. The summed E-state index contributed by atoms with van der Waals surface area (Å²) in [6.45, 7) is 2.56. The molecular formula is C23H23F3N2O5. The molecule has 0 spiro atoms. The quantitative estimate of drug-likeness (QED) is 0.397. The fourth-order valence-corrected chi connectivity index (χ4v) is 5.07. The van der Waals surface area contributed by atoms with Gasteiger partial charge in [-0.15, -0.1) is 0 Å². The van der Waals surface area contributed by atoms with Crippen LogP contribution >= 0.6 is 0 Å². The maximum absolute atomic E-state index is 13.0. The summed E-state index contributed by atoms with van der Waals surface area (Å²) in [6.07, 6.45) is 0.0790. The zero-order chi connectivity index (χ0) is 24.1. The number of esters is 1. The van der Waals surface area contributed by atoms with E-state index in [1.54, 1.807) is 13.8 Å². The molecule has 1 saturated carbocycles. The lowest BCUT2D eigenvalue weighted by Gasteiger charge is -2.28. The van der Waals surface area contributed by atoms with Crippen molar-refractivity contribution in [2.75, 3.05) is 11.9 Å². The zero-order valence-electron chi connectivity index (χ0n) is 18.0. The SMILES string of the molecule is CC(C)[C@H](C(=O)OCC(=O)Nc1cccc(C(F)(F)F)c1)N1C(=O)[C@@H]2[C@H](C1=O)[C@H]1C=C[C@H]2C1. The number of carbonyl (C=O) groups excluding carboxylic acids is 4. The molecular weight excluding hydrogens is 441 g/mol. The lowest BCUT2D eigenvalue weighted by atomic mass is 9.85. The molecule has 4 rings (SSSR count). The number of imide groups is 1. The molecule has 3 aliphatic rings. The molecule has 0 unspecified atom stereocenters. The summed E-state index contributed by atoms with van der Waals surface area (Å²) in [4.78, 5) is 52.0. The number of alkyl halides is 3. The van der Waals surface area contributed by atoms with Gasteiger partial charge in [0.05, 0.1) is 17.4 Å². The smallest absolute Gasteiger partial charge is 0.416 e. The highest BCUT2D eigenvalue weighted by Crippen LogP contribution is 2.53. The number of anilines is 1. The van der Waals surface area contributed by atoms with Crippen LogP contribution in [-0.4, -0.2) is 41.2 Å². The number of nitrogens with zero attached hydrogens (tertiary/aromatic N) is 1. The Hall–Kier alpha value is -3.17. The minimum atomic E-state index is -4.57. The van der Waals surface area contributed by atoms with E-state index in [0.717, 1.165) is 29.5 Å². The van der Waals surface area contributed by atoms with Crippen molar-refractivity contribution in [3.63, 3.8) is 0 Å². The number of likely N-dealkylation sites (tertiary alicyclic amines) is 1. The third-order valence-corrected chi connectivity index (χ3v) is 6.47. The molecule has 0 aromatic heterocycles. The van der Waals surface area contributed by atoms with Gasteiger partial charge in [0.25, 0.3) is 5.91 Å². The first kappa shape index (κ1) is 23.0. The number of amides is 3. The van der Waals surface area contributed by atoms with Crippen molar-refractivity contribution in [1.82, 2.24) is 4.90 Å². The monoisotopic (exact) mass is 464 g/mol. The molecule has 1 aromatic carbocycles. The number of rotatable bonds is 6. The van der Waals surface area contributed by atoms with Crippen molar-refractivity contribution in [1.29, 1.82) is 0 Å². The van der Waals surface area contributed by atoms with Gasteiger partial charge in [-0.3, -0.25) is 19.3 Å². The summed E-state index contributed by atoms with van der Waals surface area (Å²) in [6, 6.07) is 2.86. The minimum absolute atomic E-state index is 0.0106. The molecule has 1 aliphatic heterocycles. The number of ether oxygens (including phenoxy) is 1. The number of nitrogens with one attached hydrogen (secondary N) is 1. The predicted molar refractivity (Wildman–Crippen MR) is 109 cm³/mol. The molecule has 33 heavy (non-hydrogen) atoms. The topological polar surface area (TPSA) is 92.8 Å². The van der Waals surface area contributed by atoms with E-state index in [2.05, 4.69) is 5.32 Å². The molecule has 5 atom stereocenters. The maximum atomic E-state index is 13.0. The number of hydrogen-bond acceptors (Lipinski definition) is 5. The van der Waals surface area contributed by atoms with Crippen molar-refractivity contribution in [3.05, 3.63) is 42.0 Å². The van der Waals surface area contributed by atoms with Crippen molar-refractivity contribution < 1.29 is 37.1 Å². The van der Waals surface area contributed by atoms with Crippen LogP contribution in [-0.2, 0) is 30.1 Å². The first-order valence-corrected chi connectivity index (χ1v) is 10.7. The normalized spacial score (nSPS) is 26.7. The highest BCUT2D eigenvalue weighted by atomic mass is 19.4. The van der Waals surface area contributed by atoms with E-state index in [1.807, 2.05) is 12.2 Å². The summed E-state index contributed by atoms with van der Waals surface area (Å²) in [7, 11) is 0.